The van der Waals surface area contributed by atoms with Gasteiger partial charge in [-0.3, -0.25) is 14.4 Å². The van der Waals surface area contributed by atoms with Crippen molar-refractivity contribution in [3.63, 3.8) is 0 Å². The van der Waals surface area contributed by atoms with Gasteiger partial charge in [0.1, 0.15) is 29.9 Å². The lowest BCUT2D eigenvalue weighted by molar-refractivity contribution is -0.145. The number of halogens is 1. The maximum absolute atomic E-state index is 12.9. The van der Waals surface area contributed by atoms with E-state index in [2.05, 4.69) is 16.0 Å². The first-order valence-electron chi connectivity index (χ1n) is 10.6. The average molecular weight is 503 g/mol. The third-order valence-corrected chi connectivity index (χ3v) is 4.80. The second kappa shape index (κ2) is 15.1. The Morgan fingerprint density at radius 2 is 1.50 bits per heavy atom. The first-order chi connectivity index (χ1) is 15.5. The molecule has 4 atom stereocenters. The first-order valence-corrected chi connectivity index (χ1v) is 10.6. The number of hydrogen-bond donors (Lipinski definition) is 6. The van der Waals surface area contributed by atoms with Gasteiger partial charge in [0.25, 0.3) is 0 Å². The lowest BCUT2D eigenvalue weighted by atomic mass is 10.0. The van der Waals surface area contributed by atoms with E-state index in [1.165, 1.54) is 26.2 Å². The fourth-order valence-electron chi connectivity index (χ4n) is 2.94. The summed E-state index contributed by atoms with van der Waals surface area (Å²) in [4.78, 5) is 49.6. The molecule has 0 saturated heterocycles. The molecule has 0 spiro atoms. The van der Waals surface area contributed by atoms with Crippen molar-refractivity contribution >= 4 is 36.1 Å². The summed E-state index contributed by atoms with van der Waals surface area (Å²) in [6, 6.07) is 1.80. The zero-order valence-electron chi connectivity index (χ0n) is 19.7. The number of nitrogens with one attached hydrogen (secondary N) is 3. The molecule has 0 radical (unpaired) electrons. The van der Waals surface area contributed by atoms with E-state index in [0.29, 0.717) is 12.0 Å². The van der Waals surface area contributed by atoms with Crippen LogP contribution in [0.1, 0.15) is 32.8 Å². The number of hydrogen-bond acceptors (Lipinski definition) is 8. The average Bonchev–Trinajstić information content (AvgIpc) is 2.77. The molecular formula is C22H35ClN4O7. The molecule has 1 rings (SSSR count). The number of ether oxygens (including phenoxy) is 1. The van der Waals surface area contributed by atoms with Gasteiger partial charge in [-0.1, -0.05) is 26.0 Å². The van der Waals surface area contributed by atoms with Gasteiger partial charge in [0, 0.05) is 6.42 Å². The Balaban J connectivity index is 0.0000109. The number of aliphatic hydroxyl groups excluding tert-OH is 1. The molecule has 0 saturated carbocycles. The Hall–Kier alpha value is -2.89. The van der Waals surface area contributed by atoms with Crippen molar-refractivity contribution in [3.05, 3.63) is 29.8 Å². The number of carbonyl (C=O) groups is 4. The summed E-state index contributed by atoms with van der Waals surface area (Å²) in [6.45, 7) is 4.61. The lowest BCUT2D eigenvalue weighted by Gasteiger charge is -2.24. The van der Waals surface area contributed by atoms with Crippen LogP contribution in [0.25, 0.3) is 0 Å². The Morgan fingerprint density at radius 1 is 0.941 bits per heavy atom. The van der Waals surface area contributed by atoms with E-state index in [-0.39, 0.29) is 30.5 Å². The van der Waals surface area contributed by atoms with Crippen LogP contribution in [0, 0.1) is 5.92 Å². The molecule has 12 heteroatoms. The Morgan fingerprint density at radius 3 is 2.00 bits per heavy atom. The van der Waals surface area contributed by atoms with E-state index in [4.69, 9.17) is 15.6 Å². The summed E-state index contributed by atoms with van der Waals surface area (Å²) in [7, 11) is 1.22. The van der Waals surface area contributed by atoms with E-state index in [1.807, 2.05) is 13.8 Å². The van der Waals surface area contributed by atoms with Crippen molar-refractivity contribution in [1.29, 1.82) is 0 Å². The van der Waals surface area contributed by atoms with Crippen LogP contribution in [-0.4, -0.2) is 71.8 Å². The molecule has 0 aliphatic carbocycles. The second-order valence-electron chi connectivity index (χ2n) is 8.16. The molecule has 7 N–H and O–H groups in total. The molecule has 11 nitrogen and oxygen atoms in total. The molecule has 0 bridgehead atoms. The third kappa shape index (κ3) is 10.4. The van der Waals surface area contributed by atoms with Gasteiger partial charge in [-0.25, -0.2) is 4.79 Å². The summed E-state index contributed by atoms with van der Waals surface area (Å²) >= 11 is 0. The summed E-state index contributed by atoms with van der Waals surface area (Å²) in [5.74, 6) is -2.44. The lowest BCUT2D eigenvalue weighted by Crippen LogP contribution is -2.57. The maximum atomic E-state index is 12.9. The van der Waals surface area contributed by atoms with Crippen LogP contribution < -0.4 is 21.7 Å². The smallest absolute Gasteiger partial charge is 0.328 e. The first kappa shape index (κ1) is 31.1. The number of aliphatic hydroxyl groups is 1. The van der Waals surface area contributed by atoms with Gasteiger partial charge in [-0.15, -0.1) is 12.4 Å². The molecule has 0 heterocycles. The van der Waals surface area contributed by atoms with Gasteiger partial charge in [0.2, 0.25) is 17.7 Å². The van der Waals surface area contributed by atoms with Crippen molar-refractivity contribution in [2.24, 2.45) is 11.7 Å². The highest BCUT2D eigenvalue weighted by molar-refractivity contribution is 5.94. The van der Waals surface area contributed by atoms with Crippen LogP contribution >= 0.6 is 12.4 Å². The summed E-state index contributed by atoms with van der Waals surface area (Å²) in [5, 5.41) is 26.1. The van der Waals surface area contributed by atoms with E-state index in [1.54, 1.807) is 12.1 Å². The van der Waals surface area contributed by atoms with Gasteiger partial charge < -0.3 is 36.6 Å². The van der Waals surface area contributed by atoms with Crippen LogP contribution in [0.4, 0.5) is 0 Å². The minimum absolute atomic E-state index is 0. The maximum Gasteiger partial charge on any atom is 0.328 e. The summed E-state index contributed by atoms with van der Waals surface area (Å²) in [5.41, 5.74) is 6.16. The van der Waals surface area contributed by atoms with Crippen molar-refractivity contribution in [2.75, 3.05) is 13.7 Å². The molecule has 1 aromatic carbocycles. The van der Waals surface area contributed by atoms with E-state index < -0.39 is 54.5 Å². The van der Waals surface area contributed by atoms with Crippen LogP contribution in [0.2, 0.25) is 0 Å². The van der Waals surface area contributed by atoms with Crippen LogP contribution in [0.5, 0.6) is 5.75 Å². The van der Waals surface area contributed by atoms with E-state index >= 15 is 0 Å². The topological polar surface area (TPSA) is 180 Å². The normalized spacial score (nSPS) is 14.1. The molecule has 0 aliphatic rings. The fourth-order valence-corrected chi connectivity index (χ4v) is 2.94. The molecule has 1 aromatic rings. The minimum atomic E-state index is -1.22. The number of esters is 1. The predicted octanol–water partition coefficient (Wildman–Crippen LogP) is -0.630. The number of aromatic hydroxyl groups is 1. The second-order valence-corrected chi connectivity index (χ2v) is 8.16. The van der Waals surface area contributed by atoms with Crippen molar-refractivity contribution in [1.82, 2.24) is 16.0 Å². The third-order valence-electron chi connectivity index (χ3n) is 4.80. The number of carbonyl (C=O) groups excluding carboxylic acids is 4. The molecule has 0 aromatic heterocycles. The number of phenolic OH excluding ortho intramolecular Hbond substituents is 1. The zero-order valence-corrected chi connectivity index (χ0v) is 20.6. The monoisotopic (exact) mass is 502 g/mol. The Kier molecular flexibility index (Phi) is 13.8. The SMILES string of the molecule is COC(=O)[C@H](CC(C)C)NC(=O)[C@@H](C)NC(=O)[C@H](Cc1ccc(O)cc1)NC(=O)[C@@H](N)CO.Cl. The fraction of sp³-hybridized carbons (Fsp3) is 0.545. The minimum Gasteiger partial charge on any atom is -0.508 e. The number of amides is 3. The molecule has 3 amide bonds. The standard InChI is InChI=1S/C22H34N4O7.ClH/c1-12(2)9-18(22(32)33-4)26-19(29)13(3)24-21(31)17(25-20(30)16(23)11-27)10-14-5-7-15(28)8-6-14;/h5-8,12-13,16-18,27-28H,9-11,23H2,1-4H3,(H,24,31)(H,25,30)(H,26,29);1H/t13-,16+,17+,18+;/m1./s1. The summed E-state index contributed by atoms with van der Waals surface area (Å²) in [6.07, 6.45) is 0.403. The highest BCUT2D eigenvalue weighted by Gasteiger charge is 2.29. The largest absolute Gasteiger partial charge is 0.508 e. The Bertz CT molecular complexity index is 820. The van der Waals surface area contributed by atoms with E-state index in [0.717, 1.165) is 0 Å². The van der Waals surface area contributed by atoms with Crippen LogP contribution in [0.15, 0.2) is 24.3 Å². The van der Waals surface area contributed by atoms with Crippen molar-refractivity contribution in [2.45, 2.75) is 57.8 Å². The predicted molar refractivity (Wildman–Crippen MR) is 127 cm³/mol. The number of phenols is 1. The number of methoxy groups -OCH3 is 1. The molecule has 192 valence electrons. The highest BCUT2D eigenvalue weighted by atomic mass is 35.5. The van der Waals surface area contributed by atoms with Gasteiger partial charge in [-0.05, 0) is 37.0 Å². The number of rotatable bonds is 12. The van der Waals surface area contributed by atoms with Gasteiger partial charge in [0.15, 0.2) is 0 Å². The molecular weight excluding hydrogens is 468 g/mol. The number of benzene rings is 1. The van der Waals surface area contributed by atoms with Crippen LogP contribution in [-0.2, 0) is 30.3 Å². The van der Waals surface area contributed by atoms with Gasteiger partial charge >= 0.3 is 5.97 Å². The molecule has 0 fully saturated rings. The Labute approximate surface area is 205 Å². The quantitative estimate of drug-likeness (QED) is 0.204. The van der Waals surface area contributed by atoms with E-state index in [9.17, 15) is 24.3 Å². The van der Waals surface area contributed by atoms with Gasteiger partial charge in [-0.2, -0.15) is 0 Å². The number of nitrogens with two attached hydrogens (primary N) is 1. The summed E-state index contributed by atoms with van der Waals surface area (Å²) < 4.78 is 4.73. The zero-order chi connectivity index (χ0) is 25.1. The molecule has 34 heavy (non-hydrogen) atoms. The van der Waals surface area contributed by atoms with Gasteiger partial charge in [0.05, 0.1) is 13.7 Å². The molecule has 0 unspecified atom stereocenters. The van der Waals surface area contributed by atoms with Crippen LogP contribution in [0.3, 0.4) is 0 Å². The molecule has 0 aliphatic heterocycles. The van der Waals surface area contributed by atoms with Crippen molar-refractivity contribution in [3.8, 4) is 5.75 Å². The highest BCUT2D eigenvalue weighted by Crippen LogP contribution is 2.12. The van der Waals surface area contributed by atoms with Crippen molar-refractivity contribution < 1.29 is 34.1 Å².